The van der Waals surface area contributed by atoms with Crippen molar-refractivity contribution < 1.29 is 4.79 Å². The minimum Gasteiger partial charge on any atom is -0.292 e. The lowest BCUT2D eigenvalue weighted by molar-refractivity contribution is -0.117. The first kappa shape index (κ1) is 9.58. The van der Waals surface area contributed by atoms with Crippen LogP contribution >= 0.6 is 11.8 Å². The van der Waals surface area contributed by atoms with Crippen LogP contribution in [0.4, 0.5) is 5.82 Å². The predicted octanol–water partition coefficient (Wildman–Crippen LogP) is 1.27. The second-order valence-corrected chi connectivity index (χ2v) is 4.49. The summed E-state index contributed by atoms with van der Waals surface area (Å²) in [5, 5.41) is 6.79. The number of aromatic amines is 1. The molecule has 1 fully saturated rings. The van der Waals surface area contributed by atoms with Gasteiger partial charge in [-0.15, -0.1) is 0 Å². The van der Waals surface area contributed by atoms with Gasteiger partial charge in [0.2, 0.25) is 5.91 Å². The van der Waals surface area contributed by atoms with Gasteiger partial charge in [-0.2, -0.15) is 16.9 Å². The average Bonchev–Trinajstić information content (AvgIpc) is 2.75. The number of carbonyl (C=O) groups is 1. The topological polar surface area (TPSA) is 49.0 Å². The number of thioether (sulfide) groups is 1. The molecule has 0 spiro atoms. The number of H-pyrrole nitrogens is 1. The van der Waals surface area contributed by atoms with E-state index < -0.39 is 0 Å². The zero-order valence-corrected chi connectivity index (χ0v) is 8.88. The summed E-state index contributed by atoms with van der Waals surface area (Å²) in [6.45, 7) is 1.59. The number of nitrogens with zero attached hydrogens (tertiary/aromatic N) is 2. The molecule has 76 valence electrons. The van der Waals surface area contributed by atoms with Crippen LogP contribution in [0.2, 0.25) is 0 Å². The smallest absolute Gasteiger partial charge is 0.225 e. The summed E-state index contributed by atoms with van der Waals surface area (Å²) in [5.41, 5.74) is 0. The van der Waals surface area contributed by atoms with E-state index in [9.17, 15) is 4.79 Å². The number of amides is 1. The molecule has 1 aromatic heterocycles. The molecule has 14 heavy (non-hydrogen) atoms. The zero-order valence-electron chi connectivity index (χ0n) is 8.06. The van der Waals surface area contributed by atoms with Gasteiger partial charge in [-0.1, -0.05) is 0 Å². The minimum atomic E-state index is 0.0737. The van der Waals surface area contributed by atoms with Gasteiger partial charge in [-0.05, 0) is 12.2 Å². The summed E-state index contributed by atoms with van der Waals surface area (Å²) in [6, 6.07) is 2.16. The lowest BCUT2D eigenvalue weighted by Gasteiger charge is -2.24. The van der Waals surface area contributed by atoms with Crippen molar-refractivity contribution in [2.75, 3.05) is 16.4 Å². The number of hydrogen-bond acceptors (Lipinski definition) is 3. The van der Waals surface area contributed by atoms with Gasteiger partial charge in [0, 0.05) is 31.0 Å². The highest BCUT2D eigenvalue weighted by Crippen LogP contribution is 2.25. The summed E-state index contributed by atoms with van der Waals surface area (Å²) in [6.07, 6.45) is 2.81. The highest BCUT2D eigenvalue weighted by Gasteiger charge is 2.27. The largest absolute Gasteiger partial charge is 0.292 e. The Labute approximate surface area is 87.1 Å². The molecule has 0 radical (unpaired) electrons. The first-order valence-electron chi connectivity index (χ1n) is 4.66. The van der Waals surface area contributed by atoms with Crippen LogP contribution in [0.1, 0.15) is 13.3 Å². The van der Waals surface area contributed by atoms with Gasteiger partial charge in [0.05, 0.1) is 0 Å². The van der Waals surface area contributed by atoms with Crippen molar-refractivity contribution in [3.63, 3.8) is 0 Å². The van der Waals surface area contributed by atoms with Crippen LogP contribution in [0.25, 0.3) is 0 Å². The van der Waals surface area contributed by atoms with Crippen molar-refractivity contribution >= 4 is 23.5 Å². The Morgan fingerprint density at radius 1 is 1.79 bits per heavy atom. The molecule has 1 N–H and O–H groups in total. The molecule has 1 amide bonds. The molecule has 2 heterocycles. The summed E-state index contributed by atoms with van der Waals surface area (Å²) >= 11 is 1.89. The normalized spacial score (nSPS) is 21.1. The number of rotatable bonds is 2. The molecule has 1 aliphatic heterocycles. The number of nitrogens with one attached hydrogen (secondary N) is 1. The van der Waals surface area contributed by atoms with Crippen LogP contribution in [0.3, 0.4) is 0 Å². The SMILES string of the molecule is CC(=O)N(c1cc[nH]n1)C1CCSC1. The first-order valence-corrected chi connectivity index (χ1v) is 5.82. The van der Waals surface area contributed by atoms with E-state index in [0.717, 1.165) is 23.7 Å². The maximum atomic E-state index is 11.5. The zero-order chi connectivity index (χ0) is 9.97. The number of aromatic nitrogens is 2. The Bertz CT molecular complexity index is 306. The maximum Gasteiger partial charge on any atom is 0.225 e. The number of carbonyl (C=O) groups excluding carboxylic acids is 1. The van der Waals surface area contributed by atoms with E-state index in [4.69, 9.17) is 0 Å². The van der Waals surface area contributed by atoms with Crippen LogP contribution in [-0.2, 0) is 4.79 Å². The summed E-state index contributed by atoms with van der Waals surface area (Å²) in [7, 11) is 0. The van der Waals surface area contributed by atoms with Crippen molar-refractivity contribution in [3.05, 3.63) is 12.3 Å². The Hall–Kier alpha value is -0.970. The quantitative estimate of drug-likeness (QED) is 0.801. The Kier molecular flexibility index (Phi) is 2.77. The Morgan fingerprint density at radius 2 is 2.64 bits per heavy atom. The van der Waals surface area contributed by atoms with Crippen LogP contribution in [0.15, 0.2) is 12.3 Å². The molecule has 4 nitrogen and oxygen atoms in total. The highest BCUT2D eigenvalue weighted by atomic mass is 32.2. The van der Waals surface area contributed by atoms with E-state index >= 15 is 0 Å². The molecule has 1 saturated heterocycles. The molecule has 5 heteroatoms. The number of hydrogen-bond donors (Lipinski definition) is 1. The van der Waals surface area contributed by atoms with Crippen molar-refractivity contribution in [1.29, 1.82) is 0 Å². The Morgan fingerprint density at radius 3 is 3.14 bits per heavy atom. The fourth-order valence-corrected chi connectivity index (χ4v) is 2.91. The Balaban J connectivity index is 2.19. The third-order valence-electron chi connectivity index (χ3n) is 2.34. The van der Waals surface area contributed by atoms with Crippen LogP contribution in [0, 0.1) is 0 Å². The molecule has 0 aliphatic carbocycles. The minimum absolute atomic E-state index is 0.0737. The van der Waals surface area contributed by atoms with E-state index in [2.05, 4.69) is 10.2 Å². The van der Waals surface area contributed by atoms with Gasteiger partial charge in [0.15, 0.2) is 5.82 Å². The number of anilines is 1. The van der Waals surface area contributed by atoms with Gasteiger partial charge < -0.3 is 0 Å². The summed E-state index contributed by atoms with van der Waals surface area (Å²) in [5.74, 6) is 2.97. The fourth-order valence-electron chi connectivity index (χ4n) is 1.72. The molecule has 2 rings (SSSR count). The van der Waals surface area contributed by atoms with E-state index in [1.165, 1.54) is 0 Å². The first-order chi connectivity index (χ1) is 6.79. The van der Waals surface area contributed by atoms with Gasteiger partial charge >= 0.3 is 0 Å². The van der Waals surface area contributed by atoms with Gasteiger partial charge in [-0.3, -0.25) is 14.8 Å². The van der Waals surface area contributed by atoms with Gasteiger partial charge in [0.1, 0.15) is 0 Å². The lowest BCUT2D eigenvalue weighted by atomic mass is 10.2. The van der Waals surface area contributed by atoms with Gasteiger partial charge in [0.25, 0.3) is 0 Å². The molecule has 1 aliphatic rings. The molecule has 1 aromatic rings. The molecule has 0 aromatic carbocycles. The summed E-state index contributed by atoms with van der Waals surface area (Å²) in [4.78, 5) is 13.3. The van der Waals surface area contributed by atoms with Crippen LogP contribution in [0.5, 0.6) is 0 Å². The van der Waals surface area contributed by atoms with E-state index in [1.54, 1.807) is 18.0 Å². The van der Waals surface area contributed by atoms with Crippen LogP contribution < -0.4 is 4.90 Å². The van der Waals surface area contributed by atoms with Crippen molar-refractivity contribution in [1.82, 2.24) is 10.2 Å². The highest BCUT2D eigenvalue weighted by molar-refractivity contribution is 7.99. The average molecular weight is 211 g/mol. The predicted molar refractivity (Wildman–Crippen MR) is 57.5 cm³/mol. The molecule has 0 bridgehead atoms. The third-order valence-corrected chi connectivity index (χ3v) is 3.49. The standard InChI is InChI=1S/C9H13N3OS/c1-7(13)12(8-3-5-14-6-8)9-2-4-10-11-9/h2,4,8H,3,5-6H2,1H3,(H,10,11). The molecular formula is C9H13N3OS. The fraction of sp³-hybridized carbons (Fsp3) is 0.556. The second-order valence-electron chi connectivity index (χ2n) is 3.34. The van der Waals surface area contributed by atoms with Crippen molar-refractivity contribution in [2.24, 2.45) is 0 Å². The third kappa shape index (κ3) is 1.77. The van der Waals surface area contributed by atoms with Crippen LogP contribution in [-0.4, -0.2) is 33.7 Å². The second kappa shape index (κ2) is 4.04. The molecular weight excluding hydrogens is 198 g/mol. The monoisotopic (exact) mass is 211 g/mol. The summed E-state index contributed by atoms with van der Waals surface area (Å²) < 4.78 is 0. The van der Waals surface area contributed by atoms with Crippen molar-refractivity contribution in [3.8, 4) is 0 Å². The van der Waals surface area contributed by atoms with E-state index in [-0.39, 0.29) is 5.91 Å². The van der Waals surface area contributed by atoms with Crippen molar-refractivity contribution in [2.45, 2.75) is 19.4 Å². The molecule has 0 saturated carbocycles. The van der Waals surface area contributed by atoms with E-state index in [0.29, 0.717) is 6.04 Å². The molecule has 1 unspecified atom stereocenters. The maximum absolute atomic E-state index is 11.5. The molecule has 1 atom stereocenters. The lowest BCUT2D eigenvalue weighted by Crippen LogP contribution is -2.39. The van der Waals surface area contributed by atoms with E-state index in [1.807, 2.05) is 17.8 Å². The van der Waals surface area contributed by atoms with Gasteiger partial charge in [-0.25, -0.2) is 0 Å².